The van der Waals surface area contributed by atoms with E-state index in [9.17, 15) is 14.7 Å². The molecule has 1 aliphatic heterocycles. The second kappa shape index (κ2) is 12.7. The number of carbonyl (C=O) groups is 2. The van der Waals surface area contributed by atoms with Crippen molar-refractivity contribution in [1.29, 1.82) is 0 Å². The van der Waals surface area contributed by atoms with Crippen molar-refractivity contribution in [3.05, 3.63) is 107 Å². The van der Waals surface area contributed by atoms with Crippen LogP contribution in [0.1, 0.15) is 51.9 Å². The molecule has 5 rings (SSSR count). The molecule has 0 aliphatic carbocycles. The van der Waals surface area contributed by atoms with Crippen molar-refractivity contribution in [2.45, 2.75) is 46.1 Å². The summed E-state index contributed by atoms with van der Waals surface area (Å²) in [4.78, 5) is 31.0. The van der Waals surface area contributed by atoms with E-state index < -0.39 is 5.97 Å². The molecule has 1 amide bonds. The minimum absolute atomic E-state index is 0.108. The summed E-state index contributed by atoms with van der Waals surface area (Å²) in [5.74, 6) is 0.615. The monoisotopic (exact) mass is 550 g/mol. The average Bonchev–Trinajstić information content (AvgIpc) is 3.00. The molecular weight excluding hydrogens is 516 g/mol. The highest BCUT2D eigenvalue weighted by molar-refractivity contribution is 5.96. The van der Waals surface area contributed by atoms with Gasteiger partial charge in [-0.2, -0.15) is 0 Å². The number of nitrogens with zero attached hydrogens (tertiary/aromatic N) is 2. The maximum atomic E-state index is 13.2. The van der Waals surface area contributed by atoms with Crippen LogP contribution in [-0.2, 0) is 17.8 Å². The topological polar surface area (TPSA) is 89.0 Å². The molecule has 0 unspecified atom stereocenters. The number of aromatic nitrogens is 1. The maximum Gasteiger partial charge on any atom is 0.335 e. The van der Waals surface area contributed by atoms with Crippen LogP contribution in [-0.4, -0.2) is 35.1 Å². The van der Waals surface area contributed by atoms with Gasteiger partial charge < -0.3 is 19.5 Å². The van der Waals surface area contributed by atoms with Crippen molar-refractivity contribution >= 4 is 17.6 Å². The Balaban J connectivity index is 1.22. The summed E-state index contributed by atoms with van der Waals surface area (Å²) in [7, 11) is 0. The van der Waals surface area contributed by atoms with E-state index in [-0.39, 0.29) is 18.1 Å². The largest absolute Gasteiger partial charge is 0.493 e. The van der Waals surface area contributed by atoms with Crippen LogP contribution >= 0.6 is 0 Å². The fraction of sp³-hybridized carbons (Fsp3) is 0.265. The predicted molar refractivity (Wildman–Crippen MR) is 159 cm³/mol. The first-order valence-corrected chi connectivity index (χ1v) is 13.9. The summed E-state index contributed by atoms with van der Waals surface area (Å²) in [6.45, 7) is 5.57. The van der Waals surface area contributed by atoms with E-state index in [2.05, 4.69) is 24.9 Å². The van der Waals surface area contributed by atoms with Crippen LogP contribution < -0.4 is 14.4 Å². The lowest BCUT2D eigenvalue weighted by Gasteiger charge is -2.31. The summed E-state index contributed by atoms with van der Waals surface area (Å²) < 4.78 is 11.8. The highest BCUT2D eigenvalue weighted by Crippen LogP contribution is 2.35. The number of rotatable bonds is 10. The smallest absolute Gasteiger partial charge is 0.335 e. The van der Waals surface area contributed by atoms with Crippen LogP contribution in [0.2, 0.25) is 0 Å². The maximum absolute atomic E-state index is 13.2. The Kier molecular flexibility index (Phi) is 8.63. The Morgan fingerprint density at radius 3 is 2.61 bits per heavy atom. The van der Waals surface area contributed by atoms with Crippen molar-refractivity contribution in [3.8, 4) is 22.8 Å². The minimum atomic E-state index is -0.966. The van der Waals surface area contributed by atoms with Gasteiger partial charge in [0, 0.05) is 24.2 Å². The first-order chi connectivity index (χ1) is 19.9. The third-order valence-corrected chi connectivity index (χ3v) is 7.49. The molecule has 1 aromatic heterocycles. The highest BCUT2D eigenvalue weighted by atomic mass is 16.5. The van der Waals surface area contributed by atoms with Crippen LogP contribution in [0.3, 0.4) is 0 Å². The lowest BCUT2D eigenvalue weighted by Crippen LogP contribution is -2.35. The van der Waals surface area contributed by atoms with Gasteiger partial charge in [-0.25, -0.2) is 4.79 Å². The van der Waals surface area contributed by atoms with Gasteiger partial charge in [0.2, 0.25) is 5.91 Å². The molecule has 3 aromatic carbocycles. The number of pyridine rings is 1. The van der Waals surface area contributed by atoms with Crippen LogP contribution in [0, 0.1) is 13.8 Å². The zero-order chi connectivity index (χ0) is 28.8. The molecule has 41 heavy (non-hydrogen) atoms. The van der Waals surface area contributed by atoms with E-state index in [1.165, 1.54) is 5.56 Å². The molecule has 0 radical (unpaired) electrons. The van der Waals surface area contributed by atoms with Gasteiger partial charge in [-0.1, -0.05) is 36.4 Å². The van der Waals surface area contributed by atoms with E-state index in [1.807, 2.05) is 53.4 Å². The first-order valence-electron chi connectivity index (χ1n) is 13.9. The Morgan fingerprint density at radius 1 is 0.976 bits per heavy atom. The normalized spacial score (nSPS) is 12.5. The number of hydrogen-bond donors (Lipinski definition) is 1. The number of aromatic carboxylic acids is 1. The van der Waals surface area contributed by atoms with Gasteiger partial charge in [0.25, 0.3) is 0 Å². The molecule has 7 heteroatoms. The molecule has 0 saturated carbocycles. The number of carboxylic acids is 1. The Hall–Kier alpha value is -4.65. The van der Waals surface area contributed by atoms with Crippen LogP contribution in [0.15, 0.2) is 79.0 Å². The first kappa shape index (κ1) is 27.9. The summed E-state index contributed by atoms with van der Waals surface area (Å²) in [6, 6.07) is 22.5. The zero-order valence-electron chi connectivity index (χ0n) is 23.4. The van der Waals surface area contributed by atoms with E-state index in [0.29, 0.717) is 31.7 Å². The number of fused-ring (bicyclic) bond motifs is 1. The SMILES string of the molecule is Cc1cccc(OCCCC(=O)N2CCCc3c(-c4ccc(OCc5cccc(C(=O)O)c5)cn4)cccc32)c1C. The second-order valence-corrected chi connectivity index (χ2v) is 10.3. The highest BCUT2D eigenvalue weighted by Gasteiger charge is 2.24. The van der Waals surface area contributed by atoms with Gasteiger partial charge in [-0.15, -0.1) is 0 Å². The third-order valence-electron chi connectivity index (χ3n) is 7.49. The van der Waals surface area contributed by atoms with Gasteiger partial charge in [-0.05, 0) is 91.8 Å². The summed E-state index contributed by atoms with van der Waals surface area (Å²) in [5.41, 5.74) is 7.24. The molecular formula is C34H34N2O5. The Labute approximate surface area is 240 Å². The number of aryl methyl sites for hydroxylation is 1. The third kappa shape index (κ3) is 6.57. The molecule has 0 fully saturated rings. The molecule has 1 aliphatic rings. The lowest BCUT2D eigenvalue weighted by molar-refractivity contribution is -0.118. The summed E-state index contributed by atoms with van der Waals surface area (Å²) >= 11 is 0. The number of benzene rings is 3. The van der Waals surface area contributed by atoms with E-state index in [1.54, 1.807) is 24.4 Å². The van der Waals surface area contributed by atoms with Gasteiger partial charge in [0.1, 0.15) is 18.1 Å². The summed E-state index contributed by atoms with van der Waals surface area (Å²) in [5, 5.41) is 9.19. The second-order valence-electron chi connectivity index (χ2n) is 10.3. The number of carbonyl (C=O) groups excluding carboxylic acids is 1. The number of hydrogen-bond acceptors (Lipinski definition) is 5. The van der Waals surface area contributed by atoms with E-state index in [0.717, 1.165) is 52.2 Å². The fourth-order valence-electron chi connectivity index (χ4n) is 5.13. The average molecular weight is 551 g/mol. The van der Waals surface area contributed by atoms with Crippen molar-refractivity contribution in [1.82, 2.24) is 4.98 Å². The number of carboxylic acid groups (broad SMARTS) is 1. The summed E-state index contributed by atoms with van der Waals surface area (Å²) in [6.07, 6.45) is 4.53. The van der Waals surface area contributed by atoms with Crippen molar-refractivity contribution in [3.63, 3.8) is 0 Å². The van der Waals surface area contributed by atoms with Crippen molar-refractivity contribution in [2.75, 3.05) is 18.1 Å². The lowest BCUT2D eigenvalue weighted by atomic mass is 9.94. The number of anilines is 1. The van der Waals surface area contributed by atoms with Gasteiger partial charge >= 0.3 is 5.97 Å². The minimum Gasteiger partial charge on any atom is -0.493 e. The number of ether oxygens (including phenoxy) is 2. The molecule has 210 valence electrons. The molecule has 0 spiro atoms. The van der Waals surface area contributed by atoms with Crippen molar-refractivity contribution < 1.29 is 24.2 Å². The Morgan fingerprint density at radius 2 is 1.80 bits per heavy atom. The van der Waals surface area contributed by atoms with Gasteiger partial charge in [0.15, 0.2) is 0 Å². The van der Waals surface area contributed by atoms with Crippen LogP contribution in [0.25, 0.3) is 11.3 Å². The standard InChI is InChI=1S/C34H34N2O5/c1-23-8-3-14-32(24(23)2)40-19-7-15-33(37)36-18-6-12-29-28(11-5-13-31(29)36)30-17-16-27(21-35-30)41-22-25-9-4-10-26(20-25)34(38)39/h3-5,8-11,13-14,16-17,20-21H,6-7,12,15,18-19,22H2,1-2H3,(H,38,39). The van der Waals surface area contributed by atoms with Gasteiger partial charge in [-0.3, -0.25) is 9.78 Å². The molecule has 1 N–H and O–H groups in total. The molecule has 2 heterocycles. The Bertz CT molecular complexity index is 1550. The van der Waals surface area contributed by atoms with E-state index in [4.69, 9.17) is 9.47 Å². The van der Waals surface area contributed by atoms with Crippen LogP contribution in [0.5, 0.6) is 11.5 Å². The molecule has 7 nitrogen and oxygen atoms in total. The van der Waals surface area contributed by atoms with E-state index >= 15 is 0 Å². The van der Waals surface area contributed by atoms with Gasteiger partial charge in [0.05, 0.1) is 24.1 Å². The quantitative estimate of drug-likeness (QED) is 0.219. The molecule has 4 aromatic rings. The zero-order valence-corrected chi connectivity index (χ0v) is 23.4. The fourth-order valence-corrected chi connectivity index (χ4v) is 5.13. The molecule has 0 saturated heterocycles. The number of amides is 1. The predicted octanol–water partition coefficient (Wildman–Crippen LogP) is 6.78. The van der Waals surface area contributed by atoms with Crippen LogP contribution in [0.4, 0.5) is 5.69 Å². The molecule has 0 bridgehead atoms. The van der Waals surface area contributed by atoms with Crippen molar-refractivity contribution in [2.24, 2.45) is 0 Å². The molecule has 0 atom stereocenters.